The van der Waals surface area contributed by atoms with Crippen molar-refractivity contribution in [1.29, 1.82) is 0 Å². The van der Waals surface area contributed by atoms with Crippen LogP contribution in [0.15, 0.2) is 24.4 Å². The van der Waals surface area contributed by atoms with Gasteiger partial charge in [-0.3, -0.25) is 0 Å². The maximum atomic E-state index is 13.3. The number of benzene rings is 1. The fourth-order valence-corrected chi connectivity index (χ4v) is 3.51. The molecule has 1 saturated heterocycles. The molecule has 1 fully saturated rings. The molecule has 5 heteroatoms. The van der Waals surface area contributed by atoms with Crippen LogP contribution in [0.4, 0.5) is 9.18 Å². The van der Waals surface area contributed by atoms with E-state index in [2.05, 4.69) is 11.9 Å². The Balaban J connectivity index is 1.74. The van der Waals surface area contributed by atoms with Gasteiger partial charge in [-0.1, -0.05) is 0 Å². The summed E-state index contributed by atoms with van der Waals surface area (Å²) < 4.78 is 18.8. The van der Waals surface area contributed by atoms with Crippen molar-refractivity contribution >= 4 is 17.0 Å². The van der Waals surface area contributed by atoms with Gasteiger partial charge in [0.15, 0.2) is 0 Å². The maximum Gasteiger partial charge on any atom is 0.410 e. The molecule has 1 aromatic heterocycles. The summed E-state index contributed by atoms with van der Waals surface area (Å²) in [6, 6.07) is 4.97. The van der Waals surface area contributed by atoms with Crippen molar-refractivity contribution in [3.63, 3.8) is 0 Å². The minimum atomic E-state index is -0.478. The van der Waals surface area contributed by atoms with Gasteiger partial charge in [0.1, 0.15) is 11.4 Å². The summed E-state index contributed by atoms with van der Waals surface area (Å²) in [7, 11) is 0. The Morgan fingerprint density at radius 3 is 2.79 bits per heavy atom. The first-order valence-corrected chi connectivity index (χ1v) is 8.51. The molecule has 0 spiro atoms. The van der Waals surface area contributed by atoms with Crippen molar-refractivity contribution in [2.24, 2.45) is 0 Å². The SMILES string of the molecule is C[C@H]1C[C@H](c2c[nH]c3cc(F)ccc23)CCN1C(=O)OC(C)(C)C. The molecule has 0 saturated carbocycles. The predicted octanol–water partition coefficient (Wildman–Crippen LogP) is 4.81. The molecule has 1 amide bonds. The first kappa shape index (κ1) is 16.8. The second-order valence-corrected chi connectivity index (χ2v) is 7.68. The lowest BCUT2D eigenvalue weighted by Gasteiger charge is -2.38. The number of piperidine rings is 1. The lowest BCUT2D eigenvalue weighted by atomic mass is 9.86. The van der Waals surface area contributed by atoms with Gasteiger partial charge >= 0.3 is 6.09 Å². The second kappa shape index (κ2) is 6.11. The van der Waals surface area contributed by atoms with Gasteiger partial charge in [-0.25, -0.2) is 9.18 Å². The van der Waals surface area contributed by atoms with E-state index in [0.717, 1.165) is 23.7 Å². The molecule has 1 aromatic carbocycles. The van der Waals surface area contributed by atoms with Crippen LogP contribution in [0.5, 0.6) is 0 Å². The van der Waals surface area contributed by atoms with Crippen molar-refractivity contribution in [2.45, 2.75) is 58.1 Å². The summed E-state index contributed by atoms with van der Waals surface area (Å²) in [4.78, 5) is 17.3. The van der Waals surface area contributed by atoms with Crippen molar-refractivity contribution in [2.75, 3.05) is 6.54 Å². The van der Waals surface area contributed by atoms with Crippen molar-refractivity contribution in [3.05, 3.63) is 35.8 Å². The standard InChI is InChI=1S/C19H25FN2O2/c1-12-9-13(7-8-22(12)18(23)24-19(2,3)4)16-11-21-17-10-14(20)5-6-15(16)17/h5-6,10-13,21H,7-9H2,1-4H3/t12-,13+/m0/s1. The van der Waals surface area contributed by atoms with Crippen LogP contribution < -0.4 is 0 Å². The van der Waals surface area contributed by atoms with Crippen molar-refractivity contribution < 1.29 is 13.9 Å². The number of H-pyrrole nitrogens is 1. The Hall–Kier alpha value is -2.04. The third-order valence-electron chi connectivity index (χ3n) is 4.62. The Kier molecular flexibility index (Phi) is 4.28. The van der Waals surface area contributed by atoms with Crippen LogP contribution in [0.3, 0.4) is 0 Å². The van der Waals surface area contributed by atoms with E-state index in [0.29, 0.717) is 12.5 Å². The van der Waals surface area contributed by atoms with E-state index < -0.39 is 5.60 Å². The molecule has 1 N–H and O–H groups in total. The average molecular weight is 332 g/mol. The molecule has 24 heavy (non-hydrogen) atoms. The van der Waals surface area contributed by atoms with Crippen molar-refractivity contribution in [1.82, 2.24) is 9.88 Å². The summed E-state index contributed by atoms with van der Waals surface area (Å²) in [5.41, 5.74) is 1.56. The van der Waals surface area contributed by atoms with Crippen LogP contribution in [-0.4, -0.2) is 34.2 Å². The Morgan fingerprint density at radius 2 is 2.12 bits per heavy atom. The van der Waals surface area contributed by atoms with Crippen LogP contribution in [0.1, 0.15) is 52.0 Å². The fourth-order valence-electron chi connectivity index (χ4n) is 3.51. The van der Waals surface area contributed by atoms with Crippen LogP contribution >= 0.6 is 0 Å². The van der Waals surface area contributed by atoms with Gasteiger partial charge in [-0.2, -0.15) is 0 Å². The van der Waals surface area contributed by atoms with Gasteiger partial charge in [-0.05, 0) is 70.2 Å². The molecule has 1 aliphatic rings. The van der Waals surface area contributed by atoms with Gasteiger partial charge in [0.2, 0.25) is 0 Å². The number of nitrogens with one attached hydrogen (secondary N) is 1. The first-order valence-electron chi connectivity index (χ1n) is 8.51. The van der Waals surface area contributed by atoms with Gasteiger partial charge < -0.3 is 14.6 Å². The minimum absolute atomic E-state index is 0.115. The minimum Gasteiger partial charge on any atom is -0.444 e. The number of ether oxygens (including phenoxy) is 1. The molecule has 3 rings (SSSR count). The largest absolute Gasteiger partial charge is 0.444 e. The number of nitrogens with zero attached hydrogens (tertiary/aromatic N) is 1. The monoisotopic (exact) mass is 332 g/mol. The van der Waals surface area contributed by atoms with Crippen LogP contribution in [0, 0.1) is 5.82 Å². The molecule has 4 nitrogen and oxygen atoms in total. The summed E-state index contributed by atoms with van der Waals surface area (Å²) >= 11 is 0. The third kappa shape index (κ3) is 3.40. The molecule has 130 valence electrons. The third-order valence-corrected chi connectivity index (χ3v) is 4.62. The van der Waals surface area contributed by atoms with Gasteiger partial charge in [0, 0.05) is 29.7 Å². The molecule has 1 aliphatic heterocycles. The maximum absolute atomic E-state index is 13.3. The smallest absolute Gasteiger partial charge is 0.410 e. The number of rotatable bonds is 1. The van der Waals surface area contributed by atoms with E-state index in [9.17, 15) is 9.18 Å². The highest BCUT2D eigenvalue weighted by Gasteiger charge is 2.33. The lowest BCUT2D eigenvalue weighted by Crippen LogP contribution is -2.46. The number of hydrogen-bond donors (Lipinski definition) is 1. The van der Waals surface area contributed by atoms with E-state index in [1.54, 1.807) is 0 Å². The number of carbonyl (C=O) groups is 1. The Labute approximate surface area is 142 Å². The van der Waals surface area contributed by atoms with Gasteiger partial charge in [0.25, 0.3) is 0 Å². The molecule has 2 atom stereocenters. The summed E-state index contributed by atoms with van der Waals surface area (Å²) in [5, 5.41) is 1.07. The number of fused-ring (bicyclic) bond motifs is 1. The average Bonchev–Trinajstić information content (AvgIpc) is 2.87. The summed E-state index contributed by atoms with van der Waals surface area (Å²) in [6.07, 6.45) is 3.50. The van der Waals surface area contributed by atoms with E-state index in [1.807, 2.05) is 37.9 Å². The normalized spacial score (nSPS) is 22.0. The van der Waals surface area contributed by atoms with E-state index in [4.69, 9.17) is 4.74 Å². The molecule has 0 unspecified atom stereocenters. The summed E-state index contributed by atoms with van der Waals surface area (Å²) in [6.45, 7) is 8.38. The van der Waals surface area contributed by atoms with E-state index in [1.165, 1.54) is 17.7 Å². The Morgan fingerprint density at radius 1 is 1.38 bits per heavy atom. The molecule has 0 bridgehead atoms. The highest BCUT2D eigenvalue weighted by Crippen LogP contribution is 2.36. The zero-order chi connectivity index (χ0) is 17.5. The highest BCUT2D eigenvalue weighted by atomic mass is 19.1. The number of carbonyl (C=O) groups excluding carboxylic acids is 1. The number of aromatic nitrogens is 1. The first-order chi connectivity index (χ1) is 11.2. The molecule has 2 aromatic rings. The quantitative estimate of drug-likeness (QED) is 0.814. The number of amides is 1. The molecule has 0 radical (unpaired) electrons. The molecular formula is C19H25FN2O2. The number of likely N-dealkylation sites (tertiary alicyclic amines) is 1. The van der Waals surface area contributed by atoms with Crippen LogP contribution in [-0.2, 0) is 4.74 Å². The highest BCUT2D eigenvalue weighted by molar-refractivity contribution is 5.83. The van der Waals surface area contributed by atoms with E-state index in [-0.39, 0.29) is 18.0 Å². The zero-order valence-corrected chi connectivity index (χ0v) is 14.7. The van der Waals surface area contributed by atoms with Crippen LogP contribution in [0.2, 0.25) is 0 Å². The van der Waals surface area contributed by atoms with E-state index >= 15 is 0 Å². The molecule has 0 aliphatic carbocycles. The van der Waals surface area contributed by atoms with Crippen LogP contribution in [0.25, 0.3) is 10.9 Å². The summed E-state index contributed by atoms with van der Waals surface area (Å²) in [5.74, 6) is 0.127. The van der Waals surface area contributed by atoms with Gasteiger partial charge in [-0.15, -0.1) is 0 Å². The Bertz CT molecular complexity index is 747. The molecule has 2 heterocycles. The number of halogens is 1. The predicted molar refractivity (Wildman–Crippen MR) is 92.6 cm³/mol. The zero-order valence-electron chi connectivity index (χ0n) is 14.7. The molecular weight excluding hydrogens is 307 g/mol. The second-order valence-electron chi connectivity index (χ2n) is 7.68. The lowest BCUT2D eigenvalue weighted by molar-refractivity contribution is 0.0104. The number of hydrogen-bond acceptors (Lipinski definition) is 2. The van der Waals surface area contributed by atoms with Crippen molar-refractivity contribution in [3.8, 4) is 0 Å². The topological polar surface area (TPSA) is 45.3 Å². The fraction of sp³-hybridized carbons (Fsp3) is 0.526. The number of aromatic amines is 1. The van der Waals surface area contributed by atoms with Gasteiger partial charge in [0.05, 0.1) is 0 Å².